The number of aromatic nitrogens is 8. The van der Waals surface area contributed by atoms with E-state index in [-0.39, 0.29) is 51.2 Å². The van der Waals surface area contributed by atoms with Crippen LogP contribution in [0.1, 0.15) is 68.9 Å². The van der Waals surface area contributed by atoms with Crippen LogP contribution in [0, 0.1) is 60.7 Å². The second kappa shape index (κ2) is 51.6. The number of nitrogens with one attached hydrogen (secondary N) is 4. The van der Waals surface area contributed by atoms with Gasteiger partial charge in [-0.1, -0.05) is 0 Å². The molecule has 4 saturated heterocycles. The smallest absolute Gasteiger partial charge is 0.272 e. The molecule has 12 heterocycles. The van der Waals surface area contributed by atoms with Gasteiger partial charge < -0.3 is 62.7 Å². The van der Waals surface area contributed by atoms with Gasteiger partial charge in [-0.2, -0.15) is 0 Å². The molecule has 4 fully saturated rings. The Kier molecular flexibility index (Phi) is 40.8. The summed E-state index contributed by atoms with van der Waals surface area (Å²) in [5, 5.41) is 124. The summed E-state index contributed by atoms with van der Waals surface area (Å²) in [6.45, 7) is 22.0. The van der Waals surface area contributed by atoms with Crippen LogP contribution in [-0.4, -0.2) is 300 Å². The van der Waals surface area contributed by atoms with E-state index < -0.39 is 65.8 Å². The standard InChI is InChI=1S/2C27H33N9O7.C18H23N7O4.C6H15N3.Fe/c2*28-25(27(38)39)26(37)19-1-4-29-20(13-19)16-32-7-9-33(17-21-14-23(35(40)41)2-5-30-21)11-12-34(10-8-32)18-22-15-24(36(42)43)3-6-31-22;26-24(27)17-1-3-20-15(11-17)13-22-7-5-19-6-8-23(10-9-22)14-16-12-18(25(28)29)2-4-21-16;1-2-8-5-6-9-4-3-7-1;/h2*1-6,13-15,25-26,37H,7-12,16-18,28H2,(H,38,39);1-4,11-12,19H,5-10,13-14H2;7-9H,1-6H2;/t2*25-,26-;;;/m00.../s1. The number of aliphatic hydroxyl groups excluding tert-OH is 2. The molecule has 47 heteroatoms. The second-order valence-electron chi connectivity index (χ2n) is 29.7. The molecule has 8 aromatic heterocycles. The Morgan fingerprint density at radius 2 is 0.456 bits per heavy atom. The molecule has 4 atom stereocenters. The van der Waals surface area contributed by atoms with E-state index in [1.54, 1.807) is 12.1 Å². The van der Waals surface area contributed by atoms with Crippen LogP contribution in [0.25, 0.3) is 0 Å². The third-order valence-electron chi connectivity index (χ3n) is 20.7. The van der Waals surface area contributed by atoms with Gasteiger partial charge >= 0.3 is 0 Å². The van der Waals surface area contributed by atoms with Crippen LogP contribution >= 0.6 is 0 Å². The van der Waals surface area contributed by atoms with Gasteiger partial charge in [-0.05, 0) is 35.4 Å². The van der Waals surface area contributed by atoms with Crippen LogP contribution in [0.3, 0.4) is 0 Å². The van der Waals surface area contributed by atoms with Crippen LogP contribution in [0.15, 0.2) is 147 Å². The molecule has 12 N–H and O–H groups in total. The van der Waals surface area contributed by atoms with Crippen LogP contribution in [0.2, 0.25) is 0 Å². The Hall–Kier alpha value is -11.6. The summed E-state index contributed by atoms with van der Waals surface area (Å²) >= 11 is 0. The van der Waals surface area contributed by atoms with E-state index in [2.05, 4.69) is 112 Å². The van der Waals surface area contributed by atoms with E-state index in [0.29, 0.717) is 188 Å². The third kappa shape index (κ3) is 34.1. The molecule has 0 unspecified atom stereocenters. The first-order chi connectivity index (χ1) is 59.7. The Morgan fingerprint density at radius 3 is 0.632 bits per heavy atom. The van der Waals surface area contributed by atoms with Gasteiger partial charge in [0.25, 0.3) is 34.1 Å². The zero-order chi connectivity index (χ0) is 88.9. The zero-order valence-electron chi connectivity index (χ0n) is 68.8. The number of carboxylic acids is 2. The number of hydrogen-bond donors (Lipinski definition) is 8. The Bertz CT molecular complexity index is 4380. The van der Waals surface area contributed by atoms with Crippen molar-refractivity contribution >= 4 is 46.1 Å². The minimum absolute atomic E-state index is 0. The van der Waals surface area contributed by atoms with Crippen molar-refractivity contribution in [3.63, 3.8) is 0 Å². The predicted octanol–water partition coefficient (Wildman–Crippen LogP) is -2.23. The van der Waals surface area contributed by atoms with E-state index in [0.717, 1.165) is 78.5 Å². The van der Waals surface area contributed by atoms with Gasteiger partial charge in [0, 0.05) is 349 Å². The van der Waals surface area contributed by atoms with Crippen molar-refractivity contribution in [1.29, 1.82) is 0 Å². The van der Waals surface area contributed by atoms with E-state index in [1.807, 2.05) is 0 Å². The molecule has 4 aliphatic heterocycles. The van der Waals surface area contributed by atoms with Crippen LogP contribution < -0.4 is 42.9 Å². The van der Waals surface area contributed by atoms with Gasteiger partial charge in [0.2, 0.25) is 0 Å². The number of rotatable bonds is 28. The fraction of sp³-hybridized carbons (Fsp3) is 0.462. The molecule has 0 aliphatic carbocycles. The number of pyridine rings is 8. The number of aliphatic carboxylic acids is 2. The number of nitro groups is 6. The van der Waals surface area contributed by atoms with E-state index in [1.165, 1.54) is 135 Å². The summed E-state index contributed by atoms with van der Waals surface area (Å²) in [5.74, 6) is -2.91. The number of aliphatic hydroxyl groups is 2. The summed E-state index contributed by atoms with van der Waals surface area (Å²) in [7, 11) is 0. The quantitative estimate of drug-likeness (QED) is 0.0146. The molecule has 0 amide bonds. The molecular formula is C78H104FeN28O18. The van der Waals surface area contributed by atoms with Gasteiger partial charge in [-0.3, -0.25) is 140 Å². The fourth-order valence-electron chi connectivity index (χ4n) is 13.7. The van der Waals surface area contributed by atoms with Crippen molar-refractivity contribution in [3.8, 4) is 0 Å². The molecule has 12 rings (SSSR count). The maximum absolute atomic E-state index is 11.3. The molecular weight excluding hydrogens is 1670 g/mol. The molecule has 0 aromatic carbocycles. The van der Waals surface area contributed by atoms with Crippen molar-refractivity contribution < 1.29 is 88.1 Å². The third-order valence-corrected chi connectivity index (χ3v) is 20.7. The number of nitrogens with zero attached hydrogens (tertiary/aromatic N) is 22. The van der Waals surface area contributed by atoms with Crippen LogP contribution in [0.4, 0.5) is 34.1 Å². The first-order valence-corrected chi connectivity index (χ1v) is 40.2. The molecule has 8 aromatic rings. The topological polar surface area (TPSA) is 612 Å². The predicted molar refractivity (Wildman–Crippen MR) is 441 cm³/mol. The Balaban J connectivity index is 0.000000223. The van der Waals surface area contributed by atoms with Gasteiger partial charge in [0.1, 0.15) is 24.1 Å². The van der Waals surface area contributed by atoms with Crippen LogP contribution in [0.5, 0.6) is 0 Å². The van der Waals surface area contributed by atoms with Crippen molar-refractivity contribution in [2.75, 3.05) is 157 Å². The van der Waals surface area contributed by atoms with E-state index >= 15 is 0 Å². The van der Waals surface area contributed by atoms with Crippen molar-refractivity contribution in [2.24, 2.45) is 0 Å². The largest absolute Gasteiger partial charge is 0.544 e. The zero-order valence-corrected chi connectivity index (χ0v) is 69.9. The number of carbonyl (C=O) groups is 2. The molecule has 0 saturated carbocycles. The van der Waals surface area contributed by atoms with Gasteiger partial charge in [-0.25, -0.2) is 0 Å². The van der Waals surface area contributed by atoms with Gasteiger partial charge in [0.05, 0.1) is 75.1 Å². The molecule has 0 radical (unpaired) electrons. The molecule has 0 bridgehead atoms. The summed E-state index contributed by atoms with van der Waals surface area (Å²) in [6, 6.07) is 20.7. The number of carbonyl (C=O) groups excluding carboxylic acids is 2. The summed E-state index contributed by atoms with van der Waals surface area (Å²) < 4.78 is 0. The maximum atomic E-state index is 11.3. The van der Waals surface area contributed by atoms with Crippen LogP contribution in [-0.2, 0) is 79.0 Å². The summed E-state index contributed by atoms with van der Waals surface area (Å²) in [4.78, 5) is 139. The summed E-state index contributed by atoms with van der Waals surface area (Å²) in [6.07, 6.45) is 8.90. The summed E-state index contributed by atoms with van der Waals surface area (Å²) in [5.41, 5.74) is 12.4. The average molecular weight is 1780 g/mol. The minimum Gasteiger partial charge on any atom is -0.544 e. The average Bonchev–Trinajstić information content (AvgIpc) is 1.50. The monoisotopic (exact) mass is 1780 g/mol. The van der Waals surface area contributed by atoms with E-state index in [9.17, 15) is 90.7 Å². The SMILES string of the molecule is C1CNCCNCCN1.O=[N+]([O-])c1ccnc(CN2CCNCCN(Cc3cc([N+](=O)[O-])ccn3)CC2)c1.[Fe].[NH3+][C@H](C(=O)[O-])[C@@H](O)c1ccnc(CN2CCN(Cc3cc([N+](=O)[O-])ccn3)CCN(Cc3cc([N+](=O)[O-])ccn3)CC2)c1.[NH3+][C@H](C(=O)[O-])[C@@H](O)c1ccnc(CN2CCN(Cc3cc([N+](=O)[O-])ccn3)CCN(Cc3cc([N+](=O)[O-])ccn3)CC2)c1. The fourth-order valence-corrected chi connectivity index (χ4v) is 13.7. The maximum Gasteiger partial charge on any atom is 0.272 e. The number of hydrogen-bond acceptors (Lipinski definition) is 38. The molecule has 672 valence electrons. The van der Waals surface area contributed by atoms with Crippen molar-refractivity contribution in [2.45, 2.75) is 76.6 Å². The van der Waals surface area contributed by atoms with Gasteiger partial charge in [-0.15, -0.1) is 0 Å². The van der Waals surface area contributed by atoms with Gasteiger partial charge in [0.15, 0.2) is 12.1 Å². The normalized spacial score (nSPS) is 17.2. The number of quaternary nitrogens is 2. The van der Waals surface area contributed by atoms with E-state index in [4.69, 9.17) is 0 Å². The number of carboxylic acid groups (broad SMARTS) is 2. The van der Waals surface area contributed by atoms with Crippen molar-refractivity contribution in [1.82, 2.24) is 100 Å². The molecule has 125 heavy (non-hydrogen) atoms. The molecule has 4 aliphatic rings. The second-order valence-corrected chi connectivity index (χ2v) is 29.7. The van der Waals surface area contributed by atoms with Crippen molar-refractivity contribution in [3.05, 3.63) is 264 Å². The molecule has 0 spiro atoms. The Labute approximate surface area is 728 Å². The first kappa shape index (κ1) is 98.9. The first-order valence-electron chi connectivity index (χ1n) is 40.2. The Morgan fingerprint density at radius 1 is 0.296 bits per heavy atom. The molecule has 46 nitrogen and oxygen atoms in total. The minimum atomic E-state index is -1.46.